The summed E-state index contributed by atoms with van der Waals surface area (Å²) in [5.41, 5.74) is 0.919. The van der Waals surface area contributed by atoms with Gasteiger partial charge in [-0.1, -0.05) is 11.6 Å². The molecule has 0 saturated carbocycles. The molecule has 0 aliphatic carbocycles. The summed E-state index contributed by atoms with van der Waals surface area (Å²) in [5.74, 6) is -0.486. The zero-order chi connectivity index (χ0) is 15.5. The number of hydrogen-bond donors (Lipinski definition) is 1. The molecular weight excluding hydrogens is 304 g/mol. The molecule has 2 heterocycles. The van der Waals surface area contributed by atoms with Gasteiger partial charge in [-0.05, 0) is 35.9 Å². The highest BCUT2D eigenvalue weighted by Gasteiger charge is 2.12. The van der Waals surface area contributed by atoms with Gasteiger partial charge in [-0.25, -0.2) is 0 Å². The SMILES string of the molecule is O=C(NCc1ccncc1)c1cc(=O)c2cc(Cl)ccc2o1. The van der Waals surface area contributed by atoms with Crippen molar-refractivity contribution in [2.24, 2.45) is 0 Å². The highest BCUT2D eigenvalue weighted by atomic mass is 35.5. The molecule has 3 aromatic rings. The molecule has 0 spiro atoms. The average molecular weight is 315 g/mol. The number of nitrogens with zero attached hydrogens (tertiary/aromatic N) is 1. The van der Waals surface area contributed by atoms with Gasteiger partial charge in [0.15, 0.2) is 11.2 Å². The van der Waals surface area contributed by atoms with Crippen LogP contribution in [0.1, 0.15) is 16.1 Å². The minimum atomic E-state index is -0.453. The monoisotopic (exact) mass is 314 g/mol. The molecule has 0 bridgehead atoms. The molecule has 3 rings (SSSR count). The van der Waals surface area contributed by atoms with Gasteiger partial charge in [0.25, 0.3) is 5.91 Å². The van der Waals surface area contributed by atoms with E-state index in [1.165, 1.54) is 12.1 Å². The Morgan fingerprint density at radius 3 is 2.73 bits per heavy atom. The summed E-state index contributed by atoms with van der Waals surface area (Å²) in [6.45, 7) is 0.323. The Morgan fingerprint density at radius 1 is 1.18 bits per heavy atom. The Morgan fingerprint density at radius 2 is 1.95 bits per heavy atom. The lowest BCUT2D eigenvalue weighted by molar-refractivity contribution is 0.0923. The Balaban J connectivity index is 1.85. The number of amides is 1. The van der Waals surface area contributed by atoms with Crippen LogP contribution in [0, 0.1) is 0 Å². The van der Waals surface area contributed by atoms with Crippen LogP contribution in [0.5, 0.6) is 0 Å². The van der Waals surface area contributed by atoms with Crippen LogP contribution < -0.4 is 10.7 Å². The highest BCUT2D eigenvalue weighted by molar-refractivity contribution is 6.31. The number of fused-ring (bicyclic) bond motifs is 1. The van der Waals surface area contributed by atoms with Crippen molar-refractivity contribution in [3.8, 4) is 0 Å². The van der Waals surface area contributed by atoms with Crippen molar-refractivity contribution in [1.29, 1.82) is 0 Å². The van der Waals surface area contributed by atoms with Crippen LogP contribution in [0.3, 0.4) is 0 Å². The first-order valence-corrected chi connectivity index (χ1v) is 6.92. The fourth-order valence-electron chi connectivity index (χ4n) is 2.01. The van der Waals surface area contributed by atoms with Crippen LogP contribution in [0.25, 0.3) is 11.0 Å². The van der Waals surface area contributed by atoms with Gasteiger partial charge in [-0.3, -0.25) is 14.6 Å². The van der Waals surface area contributed by atoms with Crippen LogP contribution in [-0.2, 0) is 6.54 Å². The van der Waals surface area contributed by atoms with Gasteiger partial charge in [0.1, 0.15) is 5.58 Å². The van der Waals surface area contributed by atoms with Crippen molar-refractivity contribution >= 4 is 28.5 Å². The zero-order valence-electron chi connectivity index (χ0n) is 11.4. The van der Waals surface area contributed by atoms with E-state index in [2.05, 4.69) is 10.3 Å². The van der Waals surface area contributed by atoms with Crippen LogP contribution in [0.2, 0.25) is 5.02 Å². The number of aromatic nitrogens is 1. The molecule has 6 heteroatoms. The third-order valence-corrected chi connectivity index (χ3v) is 3.35. The van der Waals surface area contributed by atoms with E-state index in [-0.39, 0.29) is 11.2 Å². The van der Waals surface area contributed by atoms with Gasteiger partial charge in [0.2, 0.25) is 0 Å². The molecule has 2 aromatic heterocycles. The molecule has 1 aromatic carbocycles. The molecule has 5 nitrogen and oxygen atoms in total. The standard InChI is InChI=1S/C16H11ClN2O3/c17-11-1-2-14-12(7-11)13(20)8-15(22-14)16(21)19-9-10-3-5-18-6-4-10/h1-8H,9H2,(H,19,21). The number of halogens is 1. The van der Waals surface area contributed by atoms with E-state index in [9.17, 15) is 9.59 Å². The van der Waals surface area contributed by atoms with Gasteiger partial charge in [-0.15, -0.1) is 0 Å². The predicted molar refractivity (Wildman–Crippen MR) is 82.9 cm³/mol. The molecular formula is C16H11ClN2O3. The van der Waals surface area contributed by atoms with Crippen molar-refractivity contribution in [3.63, 3.8) is 0 Å². The average Bonchev–Trinajstić information content (AvgIpc) is 2.54. The predicted octanol–water partition coefficient (Wildman–Crippen LogP) is 2.77. The van der Waals surface area contributed by atoms with Crippen LogP contribution in [0.15, 0.2) is 58.0 Å². The van der Waals surface area contributed by atoms with Crippen molar-refractivity contribution in [3.05, 3.63) is 75.4 Å². The molecule has 0 atom stereocenters. The summed E-state index contributed by atoms with van der Waals surface area (Å²) in [5, 5.41) is 3.48. The summed E-state index contributed by atoms with van der Waals surface area (Å²) in [7, 11) is 0. The molecule has 0 saturated heterocycles. The number of hydrogen-bond acceptors (Lipinski definition) is 4. The maximum atomic E-state index is 12.1. The number of carbonyl (C=O) groups excluding carboxylic acids is 1. The maximum Gasteiger partial charge on any atom is 0.287 e. The van der Waals surface area contributed by atoms with Crippen LogP contribution >= 0.6 is 11.6 Å². The number of pyridine rings is 1. The Kier molecular flexibility index (Phi) is 3.89. The van der Waals surface area contributed by atoms with Gasteiger partial charge in [-0.2, -0.15) is 0 Å². The van der Waals surface area contributed by atoms with Crippen molar-refractivity contribution in [2.45, 2.75) is 6.54 Å². The summed E-state index contributed by atoms with van der Waals surface area (Å²) in [6.07, 6.45) is 3.28. The summed E-state index contributed by atoms with van der Waals surface area (Å²) >= 11 is 5.85. The third kappa shape index (κ3) is 2.99. The van der Waals surface area contributed by atoms with Gasteiger partial charge >= 0.3 is 0 Å². The Hall–Kier alpha value is -2.66. The molecule has 22 heavy (non-hydrogen) atoms. The van der Waals surface area contributed by atoms with Crippen molar-refractivity contribution in [2.75, 3.05) is 0 Å². The van der Waals surface area contributed by atoms with Crippen molar-refractivity contribution < 1.29 is 9.21 Å². The lowest BCUT2D eigenvalue weighted by Crippen LogP contribution is -2.24. The van der Waals surface area contributed by atoms with E-state index in [1.54, 1.807) is 36.7 Å². The molecule has 0 fully saturated rings. The second-order valence-electron chi connectivity index (χ2n) is 4.65. The molecule has 0 aliphatic heterocycles. The number of carbonyl (C=O) groups is 1. The topological polar surface area (TPSA) is 72.2 Å². The molecule has 0 unspecified atom stereocenters. The first-order chi connectivity index (χ1) is 10.6. The van der Waals surface area contributed by atoms with Gasteiger partial charge < -0.3 is 9.73 Å². The van der Waals surface area contributed by atoms with E-state index in [4.69, 9.17) is 16.0 Å². The normalized spacial score (nSPS) is 10.6. The molecule has 110 valence electrons. The quantitative estimate of drug-likeness (QED) is 0.807. The molecule has 1 amide bonds. The van der Waals surface area contributed by atoms with Crippen LogP contribution in [-0.4, -0.2) is 10.9 Å². The van der Waals surface area contributed by atoms with E-state index in [0.29, 0.717) is 22.5 Å². The van der Waals surface area contributed by atoms with E-state index < -0.39 is 5.91 Å². The Labute approximate surface area is 130 Å². The third-order valence-electron chi connectivity index (χ3n) is 3.12. The number of benzene rings is 1. The fraction of sp³-hybridized carbons (Fsp3) is 0.0625. The first-order valence-electron chi connectivity index (χ1n) is 6.54. The smallest absolute Gasteiger partial charge is 0.287 e. The van der Waals surface area contributed by atoms with E-state index in [1.807, 2.05) is 0 Å². The maximum absolute atomic E-state index is 12.1. The second-order valence-corrected chi connectivity index (χ2v) is 5.09. The highest BCUT2D eigenvalue weighted by Crippen LogP contribution is 2.17. The second kappa shape index (κ2) is 5.99. The lowest BCUT2D eigenvalue weighted by atomic mass is 10.2. The summed E-state index contributed by atoms with van der Waals surface area (Å²) in [4.78, 5) is 28.0. The molecule has 0 aliphatic rings. The molecule has 0 radical (unpaired) electrons. The lowest BCUT2D eigenvalue weighted by Gasteiger charge is -2.05. The largest absolute Gasteiger partial charge is 0.451 e. The number of nitrogens with one attached hydrogen (secondary N) is 1. The number of rotatable bonds is 3. The summed E-state index contributed by atoms with van der Waals surface area (Å²) in [6, 6.07) is 9.43. The van der Waals surface area contributed by atoms with Crippen molar-refractivity contribution in [1.82, 2.24) is 10.3 Å². The first kappa shape index (κ1) is 14.3. The minimum absolute atomic E-state index is 0.0334. The van der Waals surface area contributed by atoms with Gasteiger partial charge in [0, 0.05) is 30.0 Å². The van der Waals surface area contributed by atoms with Crippen LogP contribution in [0.4, 0.5) is 0 Å². The Bertz CT molecular complexity index is 891. The van der Waals surface area contributed by atoms with E-state index >= 15 is 0 Å². The fourth-order valence-corrected chi connectivity index (χ4v) is 2.18. The van der Waals surface area contributed by atoms with Gasteiger partial charge in [0.05, 0.1) is 5.39 Å². The zero-order valence-corrected chi connectivity index (χ0v) is 12.1. The molecule has 1 N–H and O–H groups in total. The minimum Gasteiger partial charge on any atom is -0.451 e. The summed E-state index contributed by atoms with van der Waals surface area (Å²) < 4.78 is 5.46. The van der Waals surface area contributed by atoms with E-state index in [0.717, 1.165) is 5.56 Å².